The van der Waals surface area contributed by atoms with E-state index in [2.05, 4.69) is 22.5 Å². The molecule has 3 aliphatic heterocycles. The lowest BCUT2D eigenvalue weighted by Crippen LogP contribution is -2.55. The minimum absolute atomic E-state index is 0.00826. The first-order chi connectivity index (χ1) is 16.8. The van der Waals surface area contributed by atoms with Crippen LogP contribution in [0.3, 0.4) is 0 Å². The second kappa shape index (κ2) is 10.8. The molecule has 0 aliphatic carbocycles. The molecule has 0 radical (unpaired) electrons. The third-order valence-electron chi connectivity index (χ3n) is 7.10. The molecule has 190 valence electrons. The van der Waals surface area contributed by atoms with Gasteiger partial charge in [0, 0.05) is 40.5 Å². The SMILES string of the molecule is C=CCN(C(=O)C1N(CCCCO)C(=O)[C@@H]2[C@@H](C(=O)OCC)[C@@H]3SC12CC3Br)c1ccc(Cl)cc1. The number of aliphatic hydroxyl groups is 1. The van der Waals surface area contributed by atoms with Crippen LogP contribution in [-0.2, 0) is 19.1 Å². The van der Waals surface area contributed by atoms with Crippen LogP contribution in [0, 0.1) is 11.8 Å². The second-order valence-corrected chi connectivity index (χ2v) is 12.2. The number of anilines is 1. The lowest BCUT2D eigenvalue weighted by molar-refractivity contribution is -0.153. The molecule has 35 heavy (non-hydrogen) atoms. The highest BCUT2D eigenvalue weighted by molar-refractivity contribution is 9.09. The summed E-state index contributed by atoms with van der Waals surface area (Å²) in [5.74, 6) is -1.98. The Bertz CT molecular complexity index is 995. The fourth-order valence-electron chi connectivity index (χ4n) is 5.77. The number of aliphatic hydroxyl groups excluding tert-OH is 1. The highest BCUT2D eigenvalue weighted by atomic mass is 79.9. The van der Waals surface area contributed by atoms with Crippen molar-refractivity contribution in [2.75, 3.05) is 31.2 Å². The zero-order valence-electron chi connectivity index (χ0n) is 19.6. The van der Waals surface area contributed by atoms with Crippen molar-refractivity contribution in [3.8, 4) is 0 Å². The van der Waals surface area contributed by atoms with Gasteiger partial charge in [-0.2, -0.15) is 0 Å². The van der Waals surface area contributed by atoms with Gasteiger partial charge in [-0.15, -0.1) is 18.3 Å². The number of unbranched alkanes of at least 4 members (excludes halogenated alkanes) is 1. The number of likely N-dealkylation sites (tertiary alicyclic amines) is 1. The monoisotopic (exact) mass is 584 g/mol. The number of esters is 1. The van der Waals surface area contributed by atoms with Crippen LogP contribution in [0.5, 0.6) is 0 Å². The molecule has 3 unspecified atom stereocenters. The van der Waals surface area contributed by atoms with Crippen LogP contribution in [0.1, 0.15) is 26.2 Å². The van der Waals surface area contributed by atoms with Crippen molar-refractivity contribution in [3.05, 3.63) is 41.9 Å². The fraction of sp³-hybridized carbons (Fsp3) is 0.560. The van der Waals surface area contributed by atoms with Crippen molar-refractivity contribution in [2.24, 2.45) is 11.8 Å². The normalized spacial score (nSPS) is 30.9. The fourth-order valence-corrected chi connectivity index (χ4v) is 9.49. The number of fused-ring (bicyclic) bond motifs is 1. The maximum atomic E-state index is 14.3. The molecule has 2 amide bonds. The number of hydrogen-bond donors (Lipinski definition) is 1. The Hall–Kier alpha value is -1.55. The molecule has 6 atom stereocenters. The Morgan fingerprint density at radius 1 is 1.37 bits per heavy atom. The van der Waals surface area contributed by atoms with E-state index in [1.54, 1.807) is 58.8 Å². The molecule has 1 spiro atoms. The van der Waals surface area contributed by atoms with Gasteiger partial charge in [0.15, 0.2) is 0 Å². The third-order valence-corrected chi connectivity index (χ3v) is 10.6. The number of rotatable bonds is 10. The summed E-state index contributed by atoms with van der Waals surface area (Å²) in [4.78, 5) is 44.5. The number of amides is 2. The zero-order valence-corrected chi connectivity index (χ0v) is 22.7. The molecule has 2 bridgehead atoms. The molecule has 10 heteroatoms. The van der Waals surface area contributed by atoms with E-state index in [9.17, 15) is 19.5 Å². The second-order valence-electron chi connectivity index (χ2n) is 9.09. The zero-order chi connectivity index (χ0) is 25.3. The standard InChI is InChI=1S/C25H30BrClN2O5S/c1-3-11-28(16-9-7-15(27)8-10-16)23(32)21-25-14-17(26)20(35-25)18(24(33)34-4-2)19(25)22(31)29(21)12-5-6-13-30/h3,7-10,17-21,30H,1,4-6,11-14H2,2H3/t17?,18-,19+,20-,21?,25?/m1/s1. The van der Waals surface area contributed by atoms with Gasteiger partial charge in [0.05, 0.1) is 23.2 Å². The number of thioether (sulfide) groups is 1. The molecule has 1 aromatic rings. The molecule has 3 saturated heterocycles. The third kappa shape index (κ3) is 4.54. The average molecular weight is 586 g/mol. The molecule has 3 aliphatic rings. The van der Waals surface area contributed by atoms with Gasteiger partial charge in [-0.1, -0.05) is 33.6 Å². The van der Waals surface area contributed by atoms with Gasteiger partial charge in [-0.25, -0.2) is 0 Å². The molecule has 7 nitrogen and oxygen atoms in total. The summed E-state index contributed by atoms with van der Waals surface area (Å²) in [6, 6.07) is 6.26. The predicted octanol–water partition coefficient (Wildman–Crippen LogP) is 3.66. The minimum Gasteiger partial charge on any atom is -0.466 e. The van der Waals surface area contributed by atoms with Crippen molar-refractivity contribution in [1.82, 2.24) is 4.90 Å². The van der Waals surface area contributed by atoms with Crippen molar-refractivity contribution in [3.63, 3.8) is 0 Å². The Balaban J connectivity index is 1.77. The van der Waals surface area contributed by atoms with Crippen LogP contribution in [0.15, 0.2) is 36.9 Å². The predicted molar refractivity (Wildman–Crippen MR) is 141 cm³/mol. The Kier molecular flexibility index (Phi) is 8.20. The summed E-state index contributed by atoms with van der Waals surface area (Å²) in [6.07, 6.45) is 3.34. The minimum atomic E-state index is -0.746. The first kappa shape index (κ1) is 26.5. The van der Waals surface area contributed by atoms with E-state index in [1.165, 1.54) is 0 Å². The molecule has 0 saturated carbocycles. The van der Waals surface area contributed by atoms with Crippen LogP contribution in [0.4, 0.5) is 5.69 Å². The van der Waals surface area contributed by atoms with Crippen molar-refractivity contribution in [1.29, 1.82) is 0 Å². The molecule has 3 fully saturated rings. The molecular weight excluding hydrogens is 556 g/mol. The number of carbonyl (C=O) groups is 3. The quantitative estimate of drug-likeness (QED) is 0.195. The Morgan fingerprint density at radius 2 is 2.09 bits per heavy atom. The summed E-state index contributed by atoms with van der Waals surface area (Å²) in [7, 11) is 0. The van der Waals surface area contributed by atoms with E-state index in [4.69, 9.17) is 16.3 Å². The van der Waals surface area contributed by atoms with Crippen LogP contribution in [0.25, 0.3) is 0 Å². The number of nitrogens with zero attached hydrogens (tertiary/aromatic N) is 2. The van der Waals surface area contributed by atoms with E-state index in [0.29, 0.717) is 36.5 Å². The molecular formula is C25H30BrClN2O5S. The van der Waals surface area contributed by atoms with E-state index in [-0.39, 0.29) is 47.6 Å². The van der Waals surface area contributed by atoms with Crippen LogP contribution in [-0.4, -0.2) is 75.0 Å². The highest BCUT2D eigenvalue weighted by Gasteiger charge is 2.76. The summed E-state index contributed by atoms with van der Waals surface area (Å²) in [5, 5.41) is 9.73. The molecule has 1 N–H and O–H groups in total. The van der Waals surface area contributed by atoms with E-state index in [0.717, 1.165) is 0 Å². The van der Waals surface area contributed by atoms with Gasteiger partial charge in [0.1, 0.15) is 6.04 Å². The lowest BCUT2D eigenvalue weighted by Gasteiger charge is -2.37. The van der Waals surface area contributed by atoms with Crippen LogP contribution in [0.2, 0.25) is 5.02 Å². The van der Waals surface area contributed by atoms with Crippen molar-refractivity contribution in [2.45, 2.75) is 47.1 Å². The number of carbonyl (C=O) groups excluding carboxylic acids is 3. The van der Waals surface area contributed by atoms with Gasteiger partial charge in [-0.05, 0) is 50.5 Å². The largest absolute Gasteiger partial charge is 0.466 e. The Morgan fingerprint density at radius 3 is 2.71 bits per heavy atom. The molecule has 4 rings (SSSR count). The summed E-state index contributed by atoms with van der Waals surface area (Å²) in [6.45, 7) is 6.43. The van der Waals surface area contributed by atoms with Gasteiger partial charge in [-0.3, -0.25) is 14.4 Å². The van der Waals surface area contributed by atoms with Crippen molar-refractivity contribution >= 4 is 62.8 Å². The van der Waals surface area contributed by atoms with Gasteiger partial charge >= 0.3 is 5.97 Å². The van der Waals surface area contributed by atoms with Crippen LogP contribution >= 0.6 is 39.3 Å². The first-order valence-electron chi connectivity index (χ1n) is 11.9. The molecule has 1 aromatic carbocycles. The van der Waals surface area contributed by atoms with Gasteiger partial charge in [0.2, 0.25) is 5.91 Å². The van der Waals surface area contributed by atoms with E-state index in [1.807, 2.05) is 0 Å². The molecule has 0 aromatic heterocycles. The number of halogens is 2. The topological polar surface area (TPSA) is 87.2 Å². The molecule has 3 heterocycles. The van der Waals surface area contributed by atoms with Gasteiger partial charge < -0.3 is 19.6 Å². The maximum absolute atomic E-state index is 14.3. The average Bonchev–Trinajstić information content (AvgIpc) is 3.42. The summed E-state index contributed by atoms with van der Waals surface area (Å²) < 4.78 is 4.64. The van der Waals surface area contributed by atoms with E-state index >= 15 is 0 Å². The summed E-state index contributed by atoms with van der Waals surface area (Å²) >= 11 is 11.4. The number of alkyl halides is 1. The van der Waals surface area contributed by atoms with Crippen molar-refractivity contribution < 1.29 is 24.2 Å². The Labute approximate surface area is 223 Å². The van der Waals surface area contributed by atoms with Crippen LogP contribution < -0.4 is 4.90 Å². The van der Waals surface area contributed by atoms with Gasteiger partial charge in [0.25, 0.3) is 5.91 Å². The smallest absolute Gasteiger partial charge is 0.310 e. The number of ether oxygens (including phenoxy) is 1. The lowest BCUT2D eigenvalue weighted by atomic mass is 9.71. The highest BCUT2D eigenvalue weighted by Crippen LogP contribution is 2.68. The maximum Gasteiger partial charge on any atom is 0.310 e. The first-order valence-corrected chi connectivity index (χ1v) is 14.1. The van der Waals surface area contributed by atoms with E-state index < -0.39 is 22.6 Å². The number of hydrogen-bond acceptors (Lipinski definition) is 6. The number of benzene rings is 1. The summed E-state index contributed by atoms with van der Waals surface area (Å²) in [5.41, 5.74) is 0.664.